The monoisotopic (exact) mass is 593 g/mol. The van der Waals surface area contributed by atoms with Gasteiger partial charge in [0.1, 0.15) is 18.0 Å². The van der Waals surface area contributed by atoms with E-state index in [9.17, 15) is 18.0 Å². The molecule has 0 saturated carbocycles. The molecule has 5 rings (SSSR count). The molecule has 1 aromatic heterocycles. The van der Waals surface area contributed by atoms with Gasteiger partial charge in [0.25, 0.3) is 5.91 Å². The van der Waals surface area contributed by atoms with Gasteiger partial charge >= 0.3 is 6.18 Å². The van der Waals surface area contributed by atoms with E-state index in [1.807, 2.05) is 6.07 Å². The SMILES string of the molecule is O=C(c1cc(-c2ccc(OCc3cc(C(F)(F)F)nn3-c3c(Cl)cccc3Cl)cc2)ccc1Cl)N1CCCC1. The predicted octanol–water partition coefficient (Wildman–Crippen LogP) is 8.33. The van der Waals surface area contributed by atoms with Crippen LogP contribution in [0.5, 0.6) is 5.75 Å². The lowest BCUT2D eigenvalue weighted by Crippen LogP contribution is -2.27. The molecule has 0 N–H and O–H groups in total. The smallest absolute Gasteiger partial charge is 0.435 e. The first-order valence-electron chi connectivity index (χ1n) is 12.0. The second-order valence-corrected chi connectivity index (χ2v) is 10.2. The molecule has 1 aliphatic rings. The number of benzene rings is 3. The first-order chi connectivity index (χ1) is 18.6. The molecular weight excluding hydrogens is 574 g/mol. The molecule has 39 heavy (non-hydrogen) atoms. The van der Waals surface area contributed by atoms with E-state index in [1.165, 1.54) is 12.1 Å². The van der Waals surface area contributed by atoms with Gasteiger partial charge in [0.05, 0.1) is 26.3 Å². The molecule has 0 bridgehead atoms. The van der Waals surface area contributed by atoms with Gasteiger partial charge in [0.15, 0.2) is 5.69 Å². The van der Waals surface area contributed by atoms with E-state index >= 15 is 0 Å². The van der Waals surface area contributed by atoms with Crippen LogP contribution in [0.3, 0.4) is 0 Å². The van der Waals surface area contributed by atoms with E-state index in [4.69, 9.17) is 39.5 Å². The van der Waals surface area contributed by atoms with Gasteiger partial charge in [-0.1, -0.05) is 59.1 Å². The third-order valence-electron chi connectivity index (χ3n) is 6.39. The van der Waals surface area contributed by atoms with Crippen molar-refractivity contribution in [3.63, 3.8) is 0 Å². The average molecular weight is 595 g/mol. The topological polar surface area (TPSA) is 47.4 Å². The van der Waals surface area contributed by atoms with Gasteiger partial charge in [-0.2, -0.15) is 18.3 Å². The standard InChI is InChI=1S/C28H21Cl3F3N3O2/c29-22-11-8-18(14-21(22)27(38)36-12-1-2-13-36)17-6-9-20(10-7-17)39-16-19-15-25(28(32,33)34)35-37(19)26-23(30)4-3-5-24(26)31/h3-11,14-15H,1-2,12-13,16H2. The molecular formula is C28H21Cl3F3N3O2. The molecule has 5 nitrogen and oxygen atoms in total. The lowest BCUT2D eigenvalue weighted by Gasteiger charge is -2.17. The van der Waals surface area contributed by atoms with Crippen LogP contribution in [0.25, 0.3) is 16.8 Å². The van der Waals surface area contributed by atoms with E-state index < -0.39 is 11.9 Å². The molecule has 1 aliphatic heterocycles. The Morgan fingerprint density at radius 2 is 1.51 bits per heavy atom. The predicted molar refractivity (Wildman–Crippen MR) is 145 cm³/mol. The van der Waals surface area contributed by atoms with E-state index in [1.54, 1.807) is 47.4 Å². The minimum atomic E-state index is -4.66. The zero-order valence-electron chi connectivity index (χ0n) is 20.3. The summed E-state index contributed by atoms with van der Waals surface area (Å²) in [6, 6.07) is 17.8. The molecule has 0 aliphatic carbocycles. The van der Waals surface area contributed by atoms with Crippen LogP contribution in [0, 0.1) is 0 Å². The Morgan fingerprint density at radius 3 is 2.15 bits per heavy atom. The Bertz CT molecular complexity index is 1490. The zero-order chi connectivity index (χ0) is 27.7. The van der Waals surface area contributed by atoms with Crippen molar-refractivity contribution in [2.24, 2.45) is 0 Å². The van der Waals surface area contributed by atoms with Crippen molar-refractivity contribution in [1.29, 1.82) is 0 Å². The van der Waals surface area contributed by atoms with Gasteiger partial charge in [0, 0.05) is 13.1 Å². The third kappa shape index (κ3) is 5.88. The number of hydrogen-bond acceptors (Lipinski definition) is 3. The zero-order valence-corrected chi connectivity index (χ0v) is 22.6. The van der Waals surface area contributed by atoms with Crippen molar-refractivity contribution in [2.45, 2.75) is 25.6 Å². The summed E-state index contributed by atoms with van der Waals surface area (Å²) >= 11 is 18.8. The van der Waals surface area contributed by atoms with E-state index in [0.717, 1.165) is 47.8 Å². The van der Waals surface area contributed by atoms with Crippen LogP contribution in [0.1, 0.15) is 34.6 Å². The Labute approximate surface area is 237 Å². The van der Waals surface area contributed by atoms with Crippen LogP contribution >= 0.6 is 34.8 Å². The quantitative estimate of drug-likeness (QED) is 0.225. The number of carbonyl (C=O) groups excluding carboxylic acids is 1. The molecule has 0 radical (unpaired) electrons. The Hall–Kier alpha value is -3.20. The van der Waals surface area contributed by atoms with Crippen molar-refractivity contribution in [2.75, 3.05) is 13.1 Å². The summed E-state index contributed by atoms with van der Waals surface area (Å²) < 4.78 is 47.2. The number of halogens is 6. The summed E-state index contributed by atoms with van der Waals surface area (Å²) in [4.78, 5) is 14.7. The summed E-state index contributed by atoms with van der Waals surface area (Å²) in [5.41, 5.74) is 1.23. The van der Waals surface area contributed by atoms with Gasteiger partial charge in [0.2, 0.25) is 0 Å². The summed E-state index contributed by atoms with van der Waals surface area (Å²) in [6.07, 6.45) is -2.70. The van der Waals surface area contributed by atoms with Gasteiger partial charge < -0.3 is 9.64 Å². The number of alkyl halides is 3. The van der Waals surface area contributed by atoms with Crippen molar-refractivity contribution < 1.29 is 22.7 Å². The number of para-hydroxylation sites is 1. The van der Waals surface area contributed by atoms with Crippen LogP contribution in [0.15, 0.2) is 66.7 Å². The van der Waals surface area contributed by atoms with Gasteiger partial charge in [-0.05, 0) is 66.4 Å². The lowest BCUT2D eigenvalue weighted by atomic mass is 10.0. The minimum Gasteiger partial charge on any atom is -0.487 e. The largest absolute Gasteiger partial charge is 0.487 e. The molecule has 1 fully saturated rings. The fraction of sp³-hybridized carbons (Fsp3) is 0.214. The van der Waals surface area contributed by atoms with Crippen LogP contribution < -0.4 is 4.74 Å². The molecule has 1 amide bonds. The van der Waals surface area contributed by atoms with Crippen LogP contribution in [-0.4, -0.2) is 33.7 Å². The van der Waals surface area contributed by atoms with Gasteiger partial charge in [-0.3, -0.25) is 4.79 Å². The van der Waals surface area contributed by atoms with E-state index in [0.29, 0.717) is 16.3 Å². The first kappa shape index (κ1) is 27.4. The van der Waals surface area contributed by atoms with Crippen LogP contribution in [0.4, 0.5) is 13.2 Å². The fourth-order valence-electron chi connectivity index (χ4n) is 4.41. The number of ether oxygens (including phenoxy) is 1. The fourth-order valence-corrected chi connectivity index (χ4v) is 5.16. The molecule has 0 unspecified atom stereocenters. The number of amides is 1. The van der Waals surface area contributed by atoms with Crippen molar-refractivity contribution in [3.05, 3.63) is 98.7 Å². The Morgan fingerprint density at radius 1 is 0.872 bits per heavy atom. The molecule has 0 spiro atoms. The second kappa shape index (κ2) is 11.1. The van der Waals surface area contributed by atoms with Crippen molar-refractivity contribution >= 4 is 40.7 Å². The molecule has 202 valence electrons. The number of rotatable bonds is 6. The highest BCUT2D eigenvalue weighted by Gasteiger charge is 2.35. The van der Waals surface area contributed by atoms with Crippen molar-refractivity contribution in [3.8, 4) is 22.6 Å². The van der Waals surface area contributed by atoms with E-state index in [-0.39, 0.29) is 33.9 Å². The summed E-state index contributed by atoms with van der Waals surface area (Å²) in [5, 5.41) is 4.39. The molecule has 4 aromatic rings. The number of aromatic nitrogens is 2. The normalized spacial score (nSPS) is 13.6. The highest BCUT2D eigenvalue weighted by atomic mass is 35.5. The minimum absolute atomic E-state index is 0.0900. The maximum atomic E-state index is 13.4. The molecule has 3 aromatic carbocycles. The summed E-state index contributed by atoms with van der Waals surface area (Å²) in [7, 11) is 0. The Balaban J connectivity index is 1.37. The lowest BCUT2D eigenvalue weighted by molar-refractivity contribution is -0.141. The second-order valence-electron chi connectivity index (χ2n) is 9.01. The molecule has 2 heterocycles. The Kier molecular flexibility index (Phi) is 7.80. The average Bonchev–Trinajstić information content (AvgIpc) is 3.59. The van der Waals surface area contributed by atoms with Gasteiger partial charge in [-0.25, -0.2) is 4.68 Å². The van der Waals surface area contributed by atoms with Crippen molar-refractivity contribution in [1.82, 2.24) is 14.7 Å². The highest BCUT2D eigenvalue weighted by molar-refractivity contribution is 6.37. The maximum Gasteiger partial charge on any atom is 0.435 e. The molecule has 0 atom stereocenters. The number of nitrogens with zero attached hydrogens (tertiary/aromatic N) is 3. The van der Waals surface area contributed by atoms with Gasteiger partial charge in [-0.15, -0.1) is 0 Å². The maximum absolute atomic E-state index is 13.4. The summed E-state index contributed by atoms with van der Waals surface area (Å²) in [5.74, 6) is 0.334. The molecule has 11 heteroatoms. The number of carbonyl (C=O) groups is 1. The first-order valence-corrected chi connectivity index (χ1v) is 13.2. The molecule has 1 saturated heterocycles. The number of likely N-dealkylation sites (tertiary alicyclic amines) is 1. The van der Waals surface area contributed by atoms with Crippen LogP contribution in [-0.2, 0) is 12.8 Å². The summed E-state index contributed by atoms with van der Waals surface area (Å²) in [6.45, 7) is 1.22. The highest BCUT2D eigenvalue weighted by Crippen LogP contribution is 2.34. The van der Waals surface area contributed by atoms with E-state index in [2.05, 4.69) is 5.10 Å². The van der Waals surface area contributed by atoms with Crippen LogP contribution in [0.2, 0.25) is 15.1 Å². The number of hydrogen-bond donors (Lipinski definition) is 0. The third-order valence-corrected chi connectivity index (χ3v) is 7.33.